The van der Waals surface area contributed by atoms with Gasteiger partial charge in [0.1, 0.15) is 5.75 Å². The number of benzene rings is 1. The van der Waals surface area contributed by atoms with Crippen LogP contribution in [-0.4, -0.2) is 25.6 Å². The van der Waals surface area contributed by atoms with Crippen LogP contribution in [0.15, 0.2) is 30.3 Å². The van der Waals surface area contributed by atoms with Crippen molar-refractivity contribution < 1.29 is 14.3 Å². The minimum absolute atomic E-state index is 0.166. The lowest BCUT2D eigenvalue weighted by atomic mass is 9.90. The number of allylic oxidation sites excluding steroid dienone is 1. The van der Waals surface area contributed by atoms with E-state index in [1.54, 1.807) is 14.0 Å². The average molecular weight is 345 g/mol. The molecule has 0 aliphatic rings. The molecule has 0 radical (unpaired) electrons. The van der Waals surface area contributed by atoms with Gasteiger partial charge < -0.3 is 9.47 Å². The third kappa shape index (κ3) is 5.22. The molecule has 5 heteroatoms. The summed E-state index contributed by atoms with van der Waals surface area (Å²) in [5.74, 6) is 0.389. The van der Waals surface area contributed by atoms with Gasteiger partial charge in [-0.25, -0.2) is 0 Å². The van der Waals surface area contributed by atoms with Gasteiger partial charge in [-0.1, -0.05) is 24.6 Å². The van der Waals surface area contributed by atoms with E-state index < -0.39 is 0 Å². The molecule has 0 saturated carbocycles. The molecule has 0 bridgehead atoms. The zero-order valence-corrected chi connectivity index (χ0v) is 14.7. The van der Waals surface area contributed by atoms with Crippen molar-refractivity contribution in [3.8, 4) is 5.75 Å². The molecule has 0 saturated heterocycles. The summed E-state index contributed by atoms with van der Waals surface area (Å²) in [6.07, 6.45) is 2.49. The Morgan fingerprint density at radius 1 is 1.27 bits per heavy atom. The van der Waals surface area contributed by atoms with Crippen LogP contribution < -0.4 is 4.74 Å². The van der Waals surface area contributed by atoms with E-state index in [0.717, 1.165) is 11.3 Å². The average Bonchev–Trinajstić information content (AvgIpc) is 2.54. The predicted octanol–water partition coefficient (Wildman–Crippen LogP) is 4.72. The van der Waals surface area contributed by atoms with Crippen molar-refractivity contribution in [1.82, 2.24) is 0 Å². The molecule has 0 aromatic heterocycles. The van der Waals surface area contributed by atoms with Crippen molar-refractivity contribution in [2.45, 2.75) is 20.3 Å². The lowest BCUT2D eigenvalue weighted by Gasteiger charge is -2.20. The van der Waals surface area contributed by atoms with Gasteiger partial charge in [0.25, 0.3) is 0 Å². The largest absolute Gasteiger partial charge is 0.497 e. The summed E-state index contributed by atoms with van der Waals surface area (Å²) in [6.45, 7) is 4.09. The number of hydrogen-bond donors (Lipinski definition) is 0. The monoisotopic (exact) mass is 344 g/mol. The fraction of sp³-hybridized carbons (Fsp3) is 0.471. The summed E-state index contributed by atoms with van der Waals surface area (Å²) < 4.78 is 10.2. The summed E-state index contributed by atoms with van der Waals surface area (Å²) in [5.41, 5.74) is 0.858. The zero-order valence-electron chi connectivity index (χ0n) is 13.1. The van der Waals surface area contributed by atoms with Crippen LogP contribution in [0.25, 0.3) is 5.03 Å². The van der Waals surface area contributed by atoms with E-state index in [0.29, 0.717) is 23.9 Å². The van der Waals surface area contributed by atoms with E-state index >= 15 is 0 Å². The number of halogens is 2. The summed E-state index contributed by atoms with van der Waals surface area (Å²) in [6, 6.07) is 7.41. The molecular weight excluding hydrogens is 323 g/mol. The normalized spacial score (nSPS) is 14.3. The summed E-state index contributed by atoms with van der Waals surface area (Å²) in [7, 11) is 1.61. The molecule has 0 amide bonds. The minimum atomic E-state index is -0.288. The number of carbonyl (C=O) groups is 1. The number of esters is 1. The standard InChI is InChI=1S/C17H22Cl2O3/c1-4-15(17(20)22-5-2)13(11-18)10-16(19)12-6-8-14(21-3)9-7-12/h6-10,13,15H,4-5,11H2,1-3H3/b16-10-. The summed E-state index contributed by atoms with van der Waals surface area (Å²) >= 11 is 12.4. The van der Waals surface area contributed by atoms with E-state index in [9.17, 15) is 4.79 Å². The molecule has 1 aromatic rings. The molecule has 0 fully saturated rings. The van der Waals surface area contributed by atoms with Gasteiger partial charge in [0, 0.05) is 16.8 Å². The van der Waals surface area contributed by atoms with Gasteiger partial charge in [0.15, 0.2) is 0 Å². The number of methoxy groups -OCH3 is 1. The summed E-state index contributed by atoms with van der Waals surface area (Å²) in [4.78, 5) is 12.0. The van der Waals surface area contributed by atoms with Crippen LogP contribution in [-0.2, 0) is 9.53 Å². The molecule has 122 valence electrons. The Kier molecular flexibility index (Phi) is 8.36. The molecule has 0 spiro atoms. The van der Waals surface area contributed by atoms with Crippen LogP contribution >= 0.6 is 23.2 Å². The zero-order chi connectivity index (χ0) is 16.5. The minimum Gasteiger partial charge on any atom is -0.497 e. The molecule has 0 aliphatic heterocycles. The SMILES string of the molecule is CCOC(=O)C(CC)C(/C=C(\Cl)c1ccc(OC)cc1)CCl. The number of ether oxygens (including phenoxy) is 2. The molecule has 1 rings (SSSR count). The van der Waals surface area contributed by atoms with Gasteiger partial charge in [0.2, 0.25) is 0 Å². The van der Waals surface area contributed by atoms with Gasteiger partial charge in [-0.15, -0.1) is 11.6 Å². The second-order valence-corrected chi connectivity index (χ2v) is 5.54. The van der Waals surface area contributed by atoms with Gasteiger partial charge in [-0.3, -0.25) is 4.79 Å². The molecule has 0 heterocycles. The maximum Gasteiger partial charge on any atom is 0.309 e. The smallest absolute Gasteiger partial charge is 0.309 e. The molecule has 0 N–H and O–H groups in total. The van der Waals surface area contributed by atoms with Crippen LogP contribution in [0.1, 0.15) is 25.8 Å². The van der Waals surface area contributed by atoms with Gasteiger partial charge >= 0.3 is 5.97 Å². The van der Waals surface area contributed by atoms with Crippen LogP contribution in [0.4, 0.5) is 0 Å². The quantitative estimate of drug-likeness (QED) is 0.505. The molecule has 2 atom stereocenters. The van der Waals surface area contributed by atoms with Gasteiger partial charge in [-0.05, 0) is 43.2 Å². The van der Waals surface area contributed by atoms with Gasteiger partial charge in [-0.2, -0.15) is 0 Å². The van der Waals surface area contributed by atoms with Crippen LogP contribution in [0.2, 0.25) is 0 Å². The highest BCUT2D eigenvalue weighted by Crippen LogP contribution is 2.28. The first-order valence-corrected chi connectivity index (χ1v) is 8.22. The van der Waals surface area contributed by atoms with Crippen LogP contribution in [0.3, 0.4) is 0 Å². The maximum atomic E-state index is 12.0. The Morgan fingerprint density at radius 3 is 2.36 bits per heavy atom. The van der Waals surface area contributed by atoms with Crippen molar-refractivity contribution >= 4 is 34.2 Å². The second kappa shape index (κ2) is 9.75. The third-order valence-electron chi connectivity index (χ3n) is 3.45. The molecule has 3 nitrogen and oxygen atoms in total. The Bertz CT molecular complexity index is 497. The first-order chi connectivity index (χ1) is 10.6. The topological polar surface area (TPSA) is 35.5 Å². The summed E-state index contributed by atoms with van der Waals surface area (Å²) in [5, 5.41) is 0.566. The number of carbonyl (C=O) groups excluding carboxylic acids is 1. The highest BCUT2D eigenvalue weighted by Gasteiger charge is 2.26. The van der Waals surface area contributed by atoms with E-state index in [4.69, 9.17) is 32.7 Å². The molecular formula is C17H22Cl2O3. The second-order valence-electron chi connectivity index (χ2n) is 4.83. The van der Waals surface area contributed by atoms with Crippen molar-refractivity contribution in [2.75, 3.05) is 19.6 Å². The molecule has 0 aliphatic carbocycles. The fourth-order valence-corrected chi connectivity index (χ4v) is 2.79. The van der Waals surface area contributed by atoms with Crippen molar-refractivity contribution in [1.29, 1.82) is 0 Å². The van der Waals surface area contributed by atoms with E-state index in [1.165, 1.54) is 0 Å². The number of hydrogen-bond acceptors (Lipinski definition) is 3. The maximum absolute atomic E-state index is 12.0. The van der Waals surface area contributed by atoms with Crippen molar-refractivity contribution in [3.63, 3.8) is 0 Å². The van der Waals surface area contributed by atoms with Crippen molar-refractivity contribution in [2.24, 2.45) is 11.8 Å². The molecule has 2 unspecified atom stereocenters. The lowest BCUT2D eigenvalue weighted by molar-refractivity contribution is -0.149. The predicted molar refractivity (Wildman–Crippen MR) is 91.4 cm³/mol. The van der Waals surface area contributed by atoms with E-state index in [-0.39, 0.29) is 17.8 Å². The van der Waals surface area contributed by atoms with Crippen molar-refractivity contribution in [3.05, 3.63) is 35.9 Å². The Labute approximate surface area is 142 Å². The third-order valence-corrected chi connectivity index (χ3v) is 4.15. The van der Waals surface area contributed by atoms with Crippen LogP contribution in [0, 0.1) is 11.8 Å². The Hall–Kier alpha value is -1.19. The number of rotatable bonds is 8. The lowest BCUT2D eigenvalue weighted by Crippen LogP contribution is -2.25. The van der Waals surface area contributed by atoms with Gasteiger partial charge in [0.05, 0.1) is 19.6 Å². The highest BCUT2D eigenvalue weighted by atomic mass is 35.5. The number of alkyl halides is 1. The van der Waals surface area contributed by atoms with E-state index in [2.05, 4.69) is 0 Å². The van der Waals surface area contributed by atoms with E-state index in [1.807, 2.05) is 37.3 Å². The highest BCUT2D eigenvalue weighted by molar-refractivity contribution is 6.48. The fourth-order valence-electron chi connectivity index (χ4n) is 2.20. The Morgan fingerprint density at radius 2 is 1.91 bits per heavy atom. The first kappa shape index (κ1) is 18.9. The molecule has 1 aromatic carbocycles. The first-order valence-electron chi connectivity index (χ1n) is 7.31. The Balaban J connectivity index is 2.94. The molecule has 22 heavy (non-hydrogen) atoms. The van der Waals surface area contributed by atoms with Crippen LogP contribution in [0.5, 0.6) is 5.75 Å².